The maximum Gasteiger partial charge on any atom is 0.326 e. The summed E-state index contributed by atoms with van der Waals surface area (Å²) in [5, 5.41) is 25.8. The summed E-state index contributed by atoms with van der Waals surface area (Å²) < 4.78 is 0. The van der Waals surface area contributed by atoms with Gasteiger partial charge in [0.1, 0.15) is 23.9 Å². The minimum absolute atomic E-state index is 0.0229. The lowest BCUT2D eigenvalue weighted by atomic mass is 10.0. The highest BCUT2D eigenvalue weighted by Gasteiger charge is 2.30. The highest BCUT2D eigenvalue weighted by atomic mass is 32.1. The van der Waals surface area contributed by atoms with Crippen LogP contribution in [-0.2, 0) is 35.2 Å². The van der Waals surface area contributed by atoms with Crippen LogP contribution in [0.15, 0.2) is 24.3 Å². The Morgan fingerprint density at radius 3 is 1.86 bits per heavy atom. The molecule has 15 heteroatoms. The van der Waals surface area contributed by atoms with Crippen molar-refractivity contribution in [1.29, 1.82) is 0 Å². The van der Waals surface area contributed by atoms with Crippen LogP contribution in [0.25, 0.3) is 0 Å². The Morgan fingerprint density at radius 1 is 0.833 bits per heavy atom. The second kappa shape index (κ2) is 14.5. The fraction of sp³-hybridized carbons (Fsp3) is 0.429. The van der Waals surface area contributed by atoms with Crippen LogP contribution in [0.2, 0.25) is 0 Å². The molecule has 0 aliphatic carbocycles. The molecule has 198 valence electrons. The molecule has 0 aromatic heterocycles. The van der Waals surface area contributed by atoms with Crippen LogP contribution in [0.4, 0.5) is 0 Å². The van der Waals surface area contributed by atoms with Gasteiger partial charge in [-0.1, -0.05) is 12.1 Å². The molecule has 4 atom stereocenters. The molecule has 14 nitrogen and oxygen atoms in total. The molecule has 0 saturated carbocycles. The first kappa shape index (κ1) is 30.2. The normalized spacial score (nSPS) is 13.9. The number of carbonyl (C=O) groups is 6. The second-order valence-electron chi connectivity index (χ2n) is 7.86. The summed E-state index contributed by atoms with van der Waals surface area (Å²) in [4.78, 5) is 71.6. The average molecular weight is 527 g/mol. The number of aromatic hydroxyl groups is 1. The van der Waals surface area contributed by atoms with E-state index in [0.717, 1.165) is 0 Å². The number of amides is 5. The van der Waals surface area contributed by atoms with E-state index in [1.165, 1.54) is 24.3 Å². The summed E-state index contributed by atoms with van der Waals surface area (Å²) in [5.74, 6) is -5.84. The molecule has 0 bridgehead atoms. The maximum atomic E-state index is 12.9. The van der Waals surface area contributed by atoms with Crippen molar-refractivity contribution < 1.29 is 39.0 Å². The van der Waals surface area contributed by atoms with Gasteiger partial charge in [-0.25, -0.2) is 4.79 Å². The number of aliphatic carboxylic acids is 1. The van der Waals surface area contributed by atoms with Crippen molar-refractivity contribution in [2.75, 3.05) is 5.75 Å². The quantitative estimate of drug-likeness (QED) is 0.105. The van der Waals surface area contributed by atoms with E-state index in [9.17, 15) is 39.0 Å². The highest BCUT2D eigenvalue weighted by molar-refractivity contribution is 7.80. The Kier molecular flexibility index (Phi) is 12.2. The topological polar surface area (TPSA) is 257 Å². The summed E-state index contributed by atoms with van der Waals surface area (Å²) in [6.45, 7) is 0. The van der Waals surface area contributed by atoms with Crippen LogP contribution < -0.4 is 33.2 Å². The molecular formula is C21H30N6O8S. The first-order valence-corrected chi connectivity index (χ1v) is 11.3. The van der Waals surface area contributed by atoms with E-state index in [2.05, 4.69) is 28.6 Å². The number of nitrogens with one attached hydrogen (secondary N) is 3. The predicted molar refractivity (Wildman–Crippen MR) is 129 cm³/mol. The van der Waals surface area contributed by atoms with E-state index in [4.69, 9.17) is 17.2 Å². The number of carbonyl (C=O) groups excluding carboxylic acids is 5. The minimum Gasteiger partial charge on any atom is -0.508 e. The van der Waals surface area contributed by atoms with Gasteiger partial charge in [0.25, 0.3) is 0 Å². The Hall–Kier alpha value is -3.85. The van der Waals surface area contributed by atoms with Crippen LogP contribution in [-0.4, -0.2) is 75.6 Å². The lowest BCUT2D eigenvalue weighted by Gasteiger charge is -2.24. The number of hydrogen-bond acceptors (Lipinski definition) is 9. The fourth-order valence-electron chi connectivity index (χ4n) is 2.95. The van der Waals surface area contributed by atoms with Crippen molar-refractivity contribution in [3.63, 3.8) is 0 Å². The first-order valence-electron chi connectivity index (χ1n) is 10.7. The molecule has 0 aliphatic heterocycles. The summed E-state index contributed by atoms with van der Waals surface area (Å²) in [5.41, 5.74) is 16.2. The van der Waals surface area contributed by atoms with Gasteiger partial charge in [0.15, 0.2) is 0 Å². The molecule has 1 aromatic rings. The number of phenolic OH excluding ortho intramolecular Hbond substituents is 1. The Labute approximate surface area is 211 Å². The number of carboxylic acids is 1. The number of rotatable bonds is 15. The van der Waals surface area contributed by atoms with E-state index in [-0.39, 0.29) is 30.8 Å². The third-order valence-electron chi connectivity index (χ3n) is 4.88. The van der Waals surface area contributed by atoms with Crippen LogP contribution in [0.5, 0.6) is 5.75 Å². The van der Waals surface area contributed by atoms with E-state index < -0.39 is 66.1 Å². The molecule has 36 heavy (non-hydrogen) atoms. The smallest absolute Gasteiger partial charge is 0.326 e. The number of nitrogens with two attached hydrogens (primary N) is 3. The van der Waals surface area contributed by atoms with Crippen LogP contribution in [0, 0.1) is 0 Å². The summed E-state index contributed by atoms with van der Waals surface area (Å²) in [6.07, 6.45) is -1.17. The largest absolute Gasteiger partial charge is 0.508 e. The molecular weight excluding hydrogens is 496 g/mol. The number of thiol groups is 1. The summed E-state index contributed by atoms with van der Waals surface area (Å²) in [6, 6.07) is 0.283. The number of carboxylic acid groups (broad SMARTS) is 1. The number of benzene rings is 1. The number of hydrogen-bond donors (Lipinski definition) is 9. The van der Waals surface area contributed by atoms with Gasteiger partial charge in [-0.2, -0.15) is 12.6 Å². The van der Waals surface area contributed by atoms with E-state index >= 15 is 0 Å². The van der Waals surface area contributed by atoms with Crippen LogP contribution >= 0.6 is 12.6 Å². The number of phenols is 1. The van der Waals surface area contributed by atoms with Crippen molar-refractivity contribution in [2.24, 2.45) is 17.2 Å². The predicted octanol–water partition coefficient (Wildman–Crippen LogP) is -3.13. The van der Waals surface area contributed by atoms with Crippen LogP contribution in [0.1, 0.15) is 24.8 Å². The zero-order valence-corrected chi connectivity index (χ0v) is 20.1. The maximum absolute atomic E-state index is 12.9. The Bertz CT molecular complexity index is 974. The fourth-order valence-corrected chi connectivity index (χ4v) is 3.21. The lowest BCUT2D eigenvalue weighted by molar-refractivity contribution is -0.142. The van der Waals surface area contributed by atoms with Crippen LogP contribution in [0.3, 0.4) is 0 Å². The molecule has 1 rings (SSSR count). The molecule has 0 radical (unpaired) electrons. The standard InChI is InChI=1S/C21H30N6O8S/c22-12(8-17(24)30)18(31)27-15(9-36)20(33)25-13(5-6-16(23)29)19(32)26-14(21(34)35)7-10-1-3-11(28)4-2-10/h1-4,12-15,28,36H,5-9,22H2,(H2,23,29)(H2,24,30)(H,25,33)(H,26,32)(H,27,31)(H,34,35). The Morgan fingerprint density at radius 2 is 1.36 bits per heavy atom. The van der Waals surface area contributed by atoms with Gasteiger partial charge in [0.2, 0.25) is 29.5 Å². The van der Waals surface area contributed by atoms with Gasteiger partial charge >= 0.3 is 5.97 Å². The van der Waals surface area contributed by atoms with E-state index in [1.54, 1.807) is 0 Å². The van der Waals surface area contributed by atoms with Gasteiger partial charge in [0, 0.05) is 18.6 Å². The zero-order chi connectivity index (χ0) is 27.4. The SMILES string of the molecule is NC(=O)CCC(NC(=O)C(CS)NC(=O)C(N)CC(N)=O)C(=O)NC(Cc1ccc(O)cc1)C(=O)O. The second-order valence-corrected chi connectivity index (χ2v) is 8.22. The van der Waals surface area contributed by atoms with Gasteiger partial charge in [-0.05, 0) is 24.1 Å². The highest BCUT2D eigenvalue weighted by Crippen LogP contribution is 2.12. The Balaban J connectivity index is 2.95. The monoisotopic (exact) mass is 526 g/mol. The summed E-state index contributed by atoms with van der Waals surface area (Å²) in [7, 11) is 0. The average Bonchev–Trinajstić information content (AvgIpc) is 2.79. The third kappa shape index (κ3) is 10.6. The molecule has 11 N–H and O–H groups in total. The van der Waals surface area contributed by atoms with Crippen molar-refractivity contribution in [3.8, 4) is 5.75 Å². The van der Waals surface area contributed by atoms with E-state index in [0.29, 0.717) is 5.56 Å². The van der Waals surface area contributed by atoms with Crippen molar-refractivity contribution in [2.45, 2.75) is 49.9 Å². The molecule has 0 spiro atoms. The van der Waals surface area contributed by atoms with Gasteiger partial charge in [0.05, 0.1) is 12.5 Å². The molecule has 1 aromatic carbocycles. The van der Waals surface area contributed by atoms with Gasteiger partial charge in [-0.3, -0.25) is 24.0 Å². The van der Waals surface area contributed by atoms with E-state index in [1.807, 2.05) is 0 Å². The molecule has 0 aliphatic rings. The first-order chi connectivity index (χ1) is 16.8. The molecule has 5 amide bonds. The molecule has 4 unspecified atom stereocenters. The third-order valence-corrected chi connectivity index (χ3v) is 5.24. The van der Waals surface area contributed by atoms with Gasteiger partial charge < -0.3 is 43.4 Å². The molecule has 0 fully saturated rings. The van der Waals surface area contributed by atoms with Crippen molar-refractivity contribution >= 4 is 48.1 Å². The molecule has 0 saturated heterocycles. The summed E-state index contributed by atoms with van der Waals surface area (Å²) >= 11 is 3.99. The number of primary amides is 2. The van der Waals surface area contributed by atoms with Crippen molar-refractivity contribution in [3.05, 3.63) is 29.8 Å². The lowest BCUT2D eigenvalue weighted by Crippen LogP contribution is -2.58. The zero-order valence-electron chi connectivity index (χ0n) is 19.2. The van der Waals surface area contributed by atoms with Crippen molar-refractivity contribution in [1.82, 2.24) is 16.0 Å². The molecule has 0 heterocycles. The minimum atomic E-state index is -1.40. The van der Waals surface area contributed by atoms with Gasteiger partial charge in [-0.15, -0.1) is 0 Å².